The van der Waals surface area contributed by atoms with E-state index in [1.165, 1.54) is 7.11 Å². The maximum Gasteiger partial charge on any atom is 0.197 e. The number of rotatable bonds is 2. The standard InChI is InChI=1S/C19H23NO4S/c1-20-7-6-19-9-13(22)14(24-2)8-11(19)16(20)18(25-3)10-4-5-12(21)17(23)15(10)19/h4-5,8,11,16,18,21,23H,6-7,9H2,1-3H3/t11?,16-,18-,19-/m1/s1. The Bertz CT molecular complexity index is 777. The zero-order valence-electron chi connectivity index (χ0n) is 14.7. The summed E-state index contributed by atoms with van der Waals surface area (Å²) in [6.07, 6.45) is 5.12. The van der Waals surface area contributed by atoms with Crippen LogP contribution in [0, 0.1) is 5.92 Å². The molecule has 0 aromatic heterocycles. The molecule has 2 aliphatic carbocycles. The molecule has 134 valence electrons. The number of nitrogens with zero attached hydrogens (tertiary/aromatic N) is 1. The van der Waals surface area contributed by atoms with E-state index in [1.54, 1.807) is 17.8 Å². The quantitative estimate of drug-likeness (QED) is 0.789. The first-order valence-corrected chi connectivity index (χ1v) is 9.80. The number of piperidine rings is 1. The Hall–Kier alpha value is -1.66. The van der Waals surface area contributed by atoms with Crippen molar-refractivity contribution in [1.82, 2.24) is 4.90 Å². The van der Waals surface area contributed by atoms with Crippen LogP contribution in [-0.4, -0.2) is 53.9 Å². The minimum absolute atomic E-state index is 0.0293. The molecule has 2 N–H and O–H groups in total. The molecule has 25 heavy (non-hydrogen) atoms. The second-order valence-corrected chi connectivity index (χ2v) is 8.27. The molecule has 1 heterocycles. The SMILES string of the molecule is COC1=CC2[C@@H]3[C@H](SC)c4ccc(O)c(O)c4[C@]2(CCN3C)CC1=O. The summed E-state index contributed by atoms with van der Waals surface area (Å²) in [7, 11) is 3.66. The van der Waals surface area contributed by atoms with Crippen LogP contribution in [0.5, 0.6) is 11.5 Å². The first kappa shape index (κ1) is 16.8. The fourth-order valence-corrected chi connectivity index (χ4v) is 6.28. The van der Waals surface area contributed by atoms with Gasteiger partial charge < -0.3 is 19.8 Å². The summed E-state index contributed by atoms with van der Waals surface area (Å²) in [5.41, 5.74) is 1.33. The van der Waals surface area contributed by atoms with Gasteiger partial charge in [0, 0.05) is 34.6 Å². The molecule has 1 fully saturated rings. The fourth-order valence-electron chi connectivity index (χ4n) is 5.17. The molecule has 4 rings (SSSR count). The summed E-state index contributed by atoms with van der Waals surface area (Å²) < 4.78 is 5.33. The third-order valence-corrected chi connectivity index (χ3v) is 7.33. The van der Waals surface area contributed by atoms with Crippen molar-refractivity contribution in [3.63, 3.8) is 0 Å². The number of carbonyl (C=O) groups excluding carboxylic acids is 1. The minimum atomic E-state index is -0.472. The highest BCUT2D eigenvalue weighted by molar-refractivity contribution is 7.98. The van der Waals surface area contributed by atoms with E-state index in [4.69, 9.17) is 4.74 Å². The van der Waals surface area contributed by atoms with Gasteiger partial charge >= 0.3 is 0 Å². The first-order chi connectivity index (χ1) is 11.9. The van der Waals surface area contributed by atoms with Gasteiger partial charge in [-0.25, -0.2) is 0 Å². The number of methoxy groups -OCH3 is 1. The number of ketones is 1. The molecule has 0 amide bonds. The van der Waals surface area contributed by atoms with Gasteiger partial charge in [-0.3, -0.25) is 4.79 Å². The lowest BCUT2D eigenvalue weighted by Gasteiger charge is -2.58. The largest absolute Gasteiger partial charge is 0.504 e. The van der Waals surface area contributed by atoms with E-state index in [1.807, 2.05) is 12.1 Å². The summed E-state index contributed by atoms with van der Waals surface area (Å²) in [5, 5.41) is 21.0. The minimum Gasteiger partial charge on any atom is -0.504 e. The summed E-state index contributed by atoms with van der Waals surface area (Å²) in [6, 6.07) is 3.69. The number of thioether (sulfide) groups is 1. The van der Waals surface area contributed by atoms with E-state index in [9.17, 15) is 15.0 Å². The monoisotopic (exact) mass is 361 g/mol. The van der Waals surface area contributed by atoms with Gasteiger partial charge in [0.2, 0.25) is 0 Å². The van der Waals surface area contributed by atoms with E-state index >= 15 is 0 Å². The van der Waals surface area contributed by atoms with Gasteiger partial charge in [0.05, 0.1) is 7.11 Å². The van der Waals surface area contributed by atoms with E-state index in [0.29, 0.717) is 12.2 Å². The molecule has 5 nitrogen and oxygen atoms in total. The molecule has 1 saturated heterocycles. The van der Waals surface area contributed by atoms with Crippen molar-refractivity contribution in [3.05, 3.63) is 35.1 Å². The lowest BCUT2D eigenvalue weighted by Crippen LogP contribution is -2.61. The lowest BCUT2D eigenvalue weighted by atomic mass is 9.53. The number of likely N-dealkylation sites (tertiary alicyclic amines) is 1. The molecule has 0 spiro atoms. The zero-order chi connectivity index (χ0) is 17.9. The van der Waals surface area contributed by atoms with Crippen LogP contribution in [-0.2, 0) is 14.9 Å². The maximum absolute atomic E-state index is 12.7. The predicted molar refractivity (Wildman–Crippen MR) is 96.9 cm³/mol. The smallest absolute Gasteiger partial charge is 0.197 e. The van der Waals surface area contributed by atoms with E-state index < -0.39 is 5.41 Å². The van der Waals surface area contributed by atoms with Crippen LogP contribution in [0.25, 0.3) is 0 Å². The number of allylic oxidation sites excluding steroid dienone is 1. The topological polar surface area (TPSA) is 70.0 Å². The Labute approximate surface area is 151 Å². The zero-order valence-corrected chi connectivity index (χ0v) is 15.5. The van der Waals surface area contributed by atoms with Crippen molar-refractivity contribution >= 4 is 17.5 Å². The van der Waals surface area contributed by atoms with Gasteiger partial charge in [-0.15, -0.1) is 0 Å². The number of fused-ring (bicyclic) bond motifs is 1. The Morgan fingerprint density at radius 3 is 2.80 bits per heavy atom. The predicted octanol–water partition coefficient (Wildman–Crippen LogP) is 2.58. The summed E-state index contributed by atoms with van der Waals surface area (Å²) in [4.78, 5) is 15.0. The summed E-state index contributed by atoms with van der Waals surface area (Å²) >= 11 is 1.75. The van der Waals surface area contributed by atoms with Gasteiger partial charge in [0.1, 0.15) is 0 Å². The molecule has 0 saturated carbocycles. The number of hydrogen-bond acceptors (Lipinski definition) is 6. The number of phenolic OH excluding ortho intramolecular Hbond substituents is 2. The van der Waals surface area contributed by atoms with Crippen LogP contribution in [0.1, 0.15) is 29.2 Å². The number of benzene rings is 1. The molecule has 2 bridgehead atoms. The van der Waals surface area contributed by atoms with Crippen LogP contribution in [0.4, 0.5) is 0 Å². The molecule has 1 unspecified atom stereocenters. The molecule has 3 aliphatic rings. The van der Waals surface area contributed by atoms with Crippen molar-refractivity contribution in [2.75, 3.05) is 27.0 Å². The normalized spacial score (nSPS) is 34.1. The van der Waals surface area contributed by atoms with Crippen molar-refractivity contribution in [3.8, 4) is 11.5 Å². The summed E-state index contributed by atoms with van der Waals surface area (Å²) in [6.45, 7) is 0.857. The second-order valence-electron chi connectivity index (χ2n) is 7.29. The van der Waals surface area contributed by atoms with Crippen LogP contribution >= 0.6 is 11.8 Å². The fraction of sp³-hybridized carbons (Fsp3) is 0.526. The molecular weight excluding hydrogens is 338 g/mol. The van der Waals surface area contributed by atoms with Gasteiger partial charge in [0.15, 0.2) is 23.0 Å². The molecular formula is C19H23NO4S. The molecule has 1 aliphatic heterocycles. The Kier molecular flexibility index (Phi) is 3.81. The van der Waals surface area contributed by atoms with Gasteiger partial charge in [-0.1, -0.05) is 6.07 Å². The first-order valence-electron chi connectivity index (χ1n) is 8.52. The van der Waals surface area contributed by atoms with Gasteiger partial charge in [-0.2, -0.15) is 11.8 Å². The number of aromatic hydroxyl groups is 2. The number of Topliss-reactive ketones (excluding diaryl/α,β-unsaturated/α-hetero) is 1. The average Bonchev–Trinajstić information content (AvgIpc) is 2.60. The lowest BCUT2D eigenvalue weighted by molar-refractivity contribution is -0.122. The Balaban J connectivity index is 2.03. The van der Waals surface area contributed by atoms with E-state index in [2.05, 4.69) is 18.2 Å². The third-order valence-electron chi connectivity index (χ3n) is 6.28. The van der Waals surface area contributed by atoms with E-state index in [-0.39, 0.29) is 34.5 Å². The molecule has 6 heteroatoms. The van der Waals surface area contributed by atoms with Crippen LogP contribution in [0.2, 0.25) is 0 Å². The van der Waals surface area contributed by atoms with Crippen LogP contribution in [0.15, 0.2) is 24.0 Å². The highest BCUT2D eigenvalue weighted by Crippen LogP contribution is 2.62. The third kappa shape index (κ3) is 2.10. The highest BCUT2D eigenvalue weighted by atomic mass is 32.2. The van der Waals surface area contributed by atoms with Gasteiger partial charge in [0.25, 0.3) is 0 Å². The van der Waals surface area contributed by atoms with Crippen molar-refractivity contribution < 1.29 is 19.7 Å². The van der Waals surface area contributed by atoms with E-state index in [0.717, 1.165) is 24.1 Å². The number of hydrogen-bond donors (Lipinski definition) is 2. The second kappa shape index (κ2) is 5.68. The van der Waals surface area contributed by atoms with Crippen molar-refractivity contribution in [2.24, 2.45) is 5.92 Å². The van der Waals surface area contributed by atoms with Crippen LogP contribution in [0.3, 0.4) is 0 Å². The van der Waals surface area contributed by atoms with Crippen molar-refractivity contribution in [1.29, 1.82) is 0 Å². The maximum atomic E-state index is 12.7. The van der Waals surface area contributed by atoms with Gasteiger partial charge in [-0.05, 0) is 44.0 Å². The number of phenols is 2. The number of carbonyl (C=O) groups is 1. The van der Waals surface area contributed by atoms with Crippen molar-refractivity contribution in [2.45, 2.75) is 29.5 Å². The molecule has 1 aromatic carbocycles. The Morgan fingerprint density at radius 1 is 1.36 bits per heavy atom. The molecule has 1 aromatic rings. The summed E-state index contributed by atoms with van der Waals surface area (Å²) in [5.74, 6) is 0.281. The van der Waals surface area contributed by atoms with Crippen LogP contribution < -0.4 is 0 Å². The number of likely N-dealkylation sites (N-methyl/N-ethyl adjacent to an activating group) is 1. The average molecular weight is 361 g/mol. The molecule has 4 atom stereocenters. The Morgan fingerprint density at radius 2 is 2.12 bits per heavy atom. The highest BCUT2D eigenvalue weighted by Gasteiger charge is 2.59. The molecule has 0 radical (unpaired) electrons. The number of ether oxygens (including phenoxy) is 1.